The van der Waals surface area contributed by atoms with Gasteiger partial charge in [-0.3, -0.25) is 9.59 Å². The molecule has 0 aliphatic heterocycles. The molecular formula is C37H66O2. The van der Waals surface area contributed by atoms with Crippen molar-refractivity contribution in [3.8, 4) is 0 Å². The average molecular weight is 543 g/mol. The van der Waals surface area contributed by atoms with Gasteiger partial charge in [-0.25, -0.2) is 0 Å². The van der Waals surface area contributed by atoms with Gasteiger partial charge in [0.15, 0.2) is 5.78 Å². The summed E-state index contributed by atoms with van der Waals surface area (Å²) in [5, 5.41) is 0. The Kier molecular flexibility index (Phi) is 24.8. The van der Waals surface area contributed by atoms with Gasteiger partial charge in [0.25, 0.3) is 0 Å². The average Bonchev–Trinajstić information content (AvgIpc) is 3.44. The summed E-state index contributed by atoms with van der Waals surface area (Å²) in [5.41, 5.74) is 0.758. The first-order chi connectivity index (χ1) is 19.2. The number of ketones is 2. The summed E-state index contributed by atoms with van der Waals surface area (Å²) in [6.07, 6.45) is 41.2. The first-order valence-corrected chi connectivity index (χ1v) is 17.6. The Morgan fingerprint density at radius 1 is 0.487 bits per heavy atom. The van der Waals surface area contributed by atoms with Crippen molar-refractivity contribution in [3.05, 3.63) is 23.8 Å². The van der Waals surface area contributed by atoms with E-state index in [2.05, 4.69) is 13.8 Å². The lowest BCUT2D eigenvalue weighted by Crippen LogP contribution is -2.18. The molecule has 0 heterocycles. The maximum absolute atomic E-state index is 12.8. The number of allylic oxidation sites excluding steroid dienone is 4. The van der Waals surface area contributed by atoms with Crippen LogP contribution < -0.4 is 0 Å². The normalized spacial score (nSPS) is 14.7. The molecule has 1 rings (SSSR count). The van der Waals surface area contributed by atoms with Crippen LogP contribution in [0.1, 0.15) is 194 Å². The fraction of sp³-hybridized carbons (Fsp3) is 0.838. The number of rotatable bonds is 30. The van der Waals surface area contributed by atoms with Crippen molar-refractivity contribution < 1.29 is 9.59 Å². The van der Waals surface area contributed by atoms with Gasteiger partial charge in [-0.15, -0.1) is 0 Å². The molecule has 0 spiro atoms. The van der Waals surface area contributed by atoms with Crippen molar-refractivity contribution in [2.75, 3.05) is 0 Å². The molecule has 1 unspecified atom stereocenters. The monoisotopic (exact) mass is 543 g/mol. The molecule has 1 aliphatic carbocycles. The van der Waals surface area contributed by atoms with Crippen LogP contribution in [-0.2, 0) is 9.59 Å². The van der Waals surface area contributed by atoms with Gasteiger partial charge >= 0.3 is 0 Å². The van der Waals surface area contributed by atoms with Crippen LogP contribution in [0.5, 0.6) is 0 Å². The van der Waals surface area contributed by atoms with E-state index in [1.807, 2.05) is 18.2 Å². The summed E-state index contributed by atoms with van der Waals surface area (Å²) in [5.74, 6) is 0.181. The first-order valence-electron chi connectivity index (χ1n) is 17.6. The van der Waals surface area contributed by atoms with Gasteiger partial charge in [-0.05, 0) is 12.8 Å². The van der Waals surface area contributed by atoms with Crippen LogP contribution in [-0.4, -0.2) is 11.6 Å². The summed E-state index contributed by atoms with van der Waals surface area (Å²) in [6, 6.07) is 0. The van der Waals surface area contributed by atoms with Gasteiger partial charge in [-0.2, -0.15) is 0 Å². The van der Waals surface area contributed by atoms with Gasteiger partial charge in [0.1, 0.15) is 5.78 Å². The molecule has 1 aliphatic rings. The second kappa shape index (κ2) is 27.0. The molecule has 1 atom stereocenters. The minimum Gasteiger partial charge on any atom is -0.299 e. The Hall–Kier alpha value is -1.18. The predicted octanol–water partition coefficient (Wildman–Crippen LogP) is 12.2. The van der Waals surface area contributed by atoms with E-state index < -0.39 is 0 Å². The van der Waals surface area contributed by atoms with Crippen molar-refractivity contribution in [2.45, 2.75) is 194 Å². The molecular weight excluding hydrogens is 476 g/mol. The molecule has 0 saturated heterocycles. The first kappa shape index (κ1) is 35.8. The molecule has 0 aromatic carbocycles. The third kappa shape index (κ3) is 20.4. The van der Waals surface area contributed by atoms with Gasteiger partial charge in [0.05, 0.1) is 5.92 Å². The van der Waals surface area contributed by atoms with Crippen molar-refractivity contribution in [1.29, 1.82) is 0 Å². The maximum atomic E-state index is 12.8. The second-order valence-corrected chi connectivity index (χ2v) is 12.4. The zero-order chi connectivity index (χ0) is 28.2. The molecule has 0 radical (unpaired) electrons. The molecule has 0 N–H and O–H groups in total. The Balaban J connectivity index is 1.98. The number of unbranched alkanes of at least 4 members (excludes halogenated alkanes) is 24. The van der Waals surface area contributed by atoms with Gasteiger partial charge < -0.3 is 0 Å². The Labute approximate surface area is 244 Å². The summed E-state index contributed by atoms with van der Waals surface area (Å²) in [4.78, 5) is 25.6. The van der Waals surface area contributed by atoms with Crippen LogP contribution in [0, 0.1) is 5.92 Å². The fourth-order valence-corrected chi connectivity index (χ4v) is 5.94. The van der Waals surface area contributed by atoms with E-state index in [1.54, 1.807) is 0 Å². The molecule has 0 saturated carbocycles. The topological polar surface area (TPSA) is 34.1 Å². The SMILES string of the molecule is CCCCCCCCCCCCCCCC(=O)C1=CC=CC1C(=O)CCCCCCCCCCCCCCC. The van der Waals surface area contributed by atoms with E-state index in [-0.39, 0.29) is 17.5 Å². The predicted molar refractivity (Wildman–Crippen MR) is 171 cm³/mol. The summed E-state index contributed by atoms with van der Waals surface area (Å²) in [7, 11) is 0. The fourth-order valence-electron chi connectivity index (χ4n) is 5.94. The molecule has 0 bridgehead atoms. The standard InChI is InChI=1S/C37H66O2/c1-3-5-7-9-11-13-15-17-19-21-23-25-27-32-36(38)34-30-29-31-35(34)37(39)33-28-26-24-22-20-18-16-14-12-10-8-6-4-2/h29-31,34H,3-28,32-33H2,1-2H3. The van der Waals surface area contributed by atoms with Crippen LogP contribution in [0.25, 0.3) is 0 Å². The third-order valence-corrected chi connectivity index (χ3v) is 8.62. The van der Waals surface area contributed by atoms with Crippen molar-refractivity contribution >= 4 is 11.6 Å². The minimum atomic E-state index is -0.267. The van der Waals surface area contributed by atoms with E-state index in [4.69, 9.17) is 0 Å². The van der Waals surface area contributed by atoms with E-state index in [1.165, 1.54) is 141 Å². The highest BCUT2D eigenvalue weighted by Gasteiger charge is 2.26. The van der Waals surface area contributed by atoms with Gasteiger partial charge in [0.2, 0.25) is 0 Å². The summed E-state index contributed by atoms with van der Waals surface area (Å²) >= 11 is 0. The summed E-state index contributed by atoms with van der Waals surface area (Å²) < 4.78 is 0. The highest BCUT2D eigenvalue weighted by molar-refractivity contribution is 6.04. The van der Waals surface area contributed by atoms with Crippen LogP contribution in [0.4, 0.5) is 0 Å². The van der Waals surface area contributed by atoms with Crippen LogP contribution >= 0.6 is 0 Å². The molecule has 2 nitrogen and oxygen atoms in total. The molecule has 0 amide bonds. The highest BCUT2D eigenvalue weighted by atomic mass is 16.1. The number of carbonyl (C=O) groups is 2. The molecule has 0 fully saturated rings. The smallest absolute Gasteiger partial charge is 0.159 e. The van der Waals surface area contributed by atoms with E-state index >= 15 is 0 Å². The molecule has 39 heavy (non-hydrogen) atoms. The molecule has 2 heteroatoms. The largest absolute Gasteiger partial charge is 0.299 e. The third-order valence-electron chi connectivity index (χ3n) is 8.62. The Morgan fingerprint density at radius 2 is 0.821 bits per heavy atom. The number of Topliss-reactive ketones (excluding diaryl/α,β-unsaturated/α-hetero) is 2. The number of hydrogen-bond donors (Lipinski definition) is 0. The zero-order valence-electron chi connectivity index (χ0n) is 26.4. The van der Waals surface area contributed by atoms with E-state index in [0.29, 0.717) is 12.8 Å². The Morgan fingerprint density at radius 3 is 1.21 bits per heavy atom. The summed E-state index contributed by atoms with van der Waals surface area (Å²) in [6.45, 7) is 4.55. The van der Waals surface area contributed by atoms with Crippen molar-refractivity contribution in [3.63, 3.8) is 0 Å². The van der Waals surface area contributed by atoms with Crippen LogP contribution in [0.15, 0.2) is 23.8 Å². The van der Waals surface area contributed by atoms with Crippen molar-refractivity contribution in [1.82, 2.24) is 0 Å². The lowest BCUT2D eigenvalue weighted by Gasteiger charge is -2.12. The maximum Gasteiger partial charge on any atom is 0.159 e. The minimum absolute atomic E-state index is 0.201. The van der Waals surface area contributed by atoms with Crippen molar-refractivity contribution in [2.24, 2.45) is 5.92 Å². The Bertz CT molecular complexity index is 644. The van der Waals surface area contributed by atoms with Crippen LogP contribution in [0.2, 0.25) is 0 Å². The molecule has 0 aromatic rings. The van der Waals surface area contributed by atoms with E-state index in [0.717, 1.165) is 31.3 Å². The quantitative estimate of drug-likeness (QED) is 0.0846. The highest BCUT2D eigenvalue weighted by Crippen LogP contribution is 2.26. The van der Waals surface area contributed by atoms with E-state index in [9.17, 15) is 9.59 Å². The lowest BCUT2D eigenvalue weighted by atomic mass is 9.90. The van der Waals surface area contributed by atoms with Gasteiger partial charge in [-0.1, -0.05) is 186 Å². The van der Waals surface area contributed by atoms with Crippen LogP contribution in [0.3, 0.4) is 0 Å². The van der Waals surface area contributed by atoms with Gasteiger partial charge in [0, 0.05) is 18.4 Å². The molecule has 226 valence electrons. The molecule has 0 aromatic heterocycles. The number of carbonyl (C=O) groups excluding carboxylic acids is 2. The lowest BCUT2D eigenvalue weighted by molar-refractivity contribution is -0.123. The second-order valence-electron chi connectivity index (χ2n) is 12.4. The number of hydrogen-bond acceptors (Lipinski definition) is 2. The zero-order valence-corrected chi connectivity index (χ0v) is 26.4.